The number of anilines is 2. The van der Waals surface area contributed by atoms with Crippen molar-refractivity contribution in [3.8, 4) is 11.5 Å². The van der Waals surface area contributed by atoms with Crippen LogP contribution in [-0.2, 0) is 4.74 Å². The highest BCUT2D eigenvalue weighted by Crippen LogP contribution is 2.37. The lowest BCUT2D eigenvalue weighted by Gasteiger charge is -2.24. The van der Waals surface area contributed by atoms with E-state index >= 15 is 0 Å². The van der Waals surface area contributed by atoms with Crippen molar-refractivity contribution in [3.63, 3.8) is 0 Å². The second kappa shape index (κ2) is 9.92. The lowest BCUT2D eigenvalue weighted by molar-refractivity contribution is 0.0246. The standard InChI is InChI=1S/C24H27F3N4O3/c1-12(16-8-14(28)9-18(22(16)25)23(26)27)29-24-17-10-20(32-3)21(11-19(17)30-13(2)31-24)34-15-4-6-33-7-5-15/h8-12,15,23H,4-7,28H2,1-3H3,(H,29,30,31). The van der Waals surface area contributed by atoms with Gasteiger partial charge in [0.25, 0.3) is 6.43 Å². The first-order chi connectivity index (χ1) is 16.3. The summed E-state index contributed by atoms with van der Waals surface area (Å²) in [6, 6.07) is 5.12. The molecule has 3 N–H and O–H groups in total. The second-order valence-corrected chi connectivity index (χ2v) is 8.25. The first-order valence-corrected chi connectivity index (χ1v) is 11.0. The van der Waals surface area contributed by atoms with Crippen molar-refractivity contribution in [2.24, 2.45) is 0 Å². The largest absolute Gasteiger partial charge is 0.493 e. The molecule has 7 nitrogen and oxygen atoms in total. The molecule has 0 amide bonds. The lowest BCUT2D eigenvalue weighted by Crippen LogP contribution is -2.26. The topological polar surface area (TPSA) is 91.5 Å². The Balaban J connectivity index is 1.70. The van der Waals surface area contributed by atoms with Crippen molar-refractivity contribution in [1.29, 1.82) is 0 Å². The number of rotatable bonds is 7. The summed E-state index contributed by atoms with van der Waals surface area (Å²) in [6.07, 6.45) is -1.41. The number of methoxy groups -OCH3 is 1. The molecule has 0 saturated carbocycles. The van der Waals surface area contributed by atoms with Gasteiger partial charge in [-0.2, -0.15) is 0 Å². The summed E-state index contributed by atoms with van der Waals surface area (Å²) >= 11 is 0. The zero-order valence-corrected chi connectivity index (χ0v) is 19.2. The average Bonchev–Trinajstić information content (AvgIpc) is 2.80. The van der Waals surface area contributed by atoms with Crippen molar-refractivity contribution < 1.29 is 27.4 Å². The summed E-state index contributed by atoms with van der Waals surface area (Å²) in [5.41, 5.74) is 5.70. The number of hydrogen-bond donors (Lipinski definition) is 2. The Morgan fingerprint density at radius 3 is 2.47 bits per heavy atom. The van der Waals surface area contributed by atoms with Crippen LogP contribution in [0.25, 0.3) is 10.9 Å². The maximum Gasteiger partial charge on any atom is 0.266 e. The van der Waals surface area contributed by atoms with Gasteiger partial charge in [0, 0.05) is 35.5 Å². The molecule has 1 fully saturated rings. The fourth-order valence-electron chi connectivity index (χ4n) is 4.04. The van der Waals surface area contributed by atoms with Crippen molar-refractivity contribution >= 4 is 22.4 Å². The van der Waals surface area contributed by atoms with Gasteiger partial charge in [-0.25, -0.2) is 23.1 Å². The fourth-order valence-corrected chi connectivity index (χ4v) is 4.04. The Labute approximate surface area is 195 Å². The van der Waals surface area contributed by atoms with Gasteiger partial charge in [0.05, 0.1) is 37.4 Å². The predicted octanol–water partition coefficient (Wildman–Crippen LogP) is 5.34. The number of nitrogens with zero attached hydrogens (tertiary/aromatic N) is 2. The number of fused-ring (bicyclic) bond motifs is 1. The molecule has 0 radical (unpaired) electrons. The molecule has 2 heterocycles. The van der Waals surface area contributed by atoms with E-state index in [1.54, 1.807) is 26.0 Å². The van der Waals surface area contributed by atoms with Crippen molar-refractivity contribution in [3.05, 3.63) is 47.0 Å². The molecule has 1 atom stereocenters. The normalized spacial score (nSPS) is 15.5. The van der Waals surface area contributed by atoms with Gasteiger partial charge in [-0.05, 0) is 32.0 Å². The first kappa shape index (κ1) is 23.9. The van der Waals surface area contributed by atoms with Crippen LogP contribution in [0.15, 0.2) is 24.3 Å². The number of aromatic nitrogens is 2. The highest BCUT2D eigenvalue weighted by atomic mass is 19.3. The molecular weight excluding hydrogens is 449 g/mol. The minimum atomic E-state index is -2.98. The van der Waals surface area contributed by atoms with Crippen LogP contribution in [0.2, 0.25) is 0 Å². The minimum absolute atomic E-state index is 0.0104. The molecule has 34 heavy (non-hydrogen) atoms. The lowest BCUT2D eigenvalue weighted by atomic mass is 10.0. The summed E-state index contributed by atoms with van der Waals surface area (Å²) in [7, 11) is 1.54. The van der Waals surface area contributed by atoms with Gasteiger partial charge in [0.1, 0.15) is 23.6 Å². The monoisotopic (exact) mass is 476 g/mol. The highest BCUT2D eigenvalue weighted by Gasteiger charge is 2.23. The summed E-state index contributed by atoms with van der Waals surface area (Å²) in [4.78, 5) is 8.97. The molecular formula is C24H27F3N4O3. The van der Waals surface area contributed by atoms with Crippen LogP contribution in [0.5, 0.6) is 11.5 Å². The van der Waals surface area contributed by atoms with E-state index in [2.05, 4.69) is 15.3 Å². The van der Waals surface area contributed by atoms with E-state index in [0.29, 0.717) is 47.3 Å². The zero-order valence-electron chi connectivity index (χ0n) is 19.2. The third-order valence-corrected chi connectivity index (χ3v) is 5.76. The molecule has 1 aromatic heterocycles. The molecule has 3 aromatic rings. The minimum Gasteiger partial charge on any atom is -0.493 e. The molecule has 2 aromatic carbocycles. The Bertz CT molecular complexity index is 1190. The maximum absolute atomic E-state index is 14.8. The van der Waals surface area contributed by atoms with Gasteiger partial charge >= 0.3 is 0 Å². The van der Waals surface area contributed by atoms with Crippen molar-refractivity contribution in [2.75, 3.05) is 31.4 Å². The molecule has 0 bridgehead atoms. The number of nitrogens with two attached hydrogens (primary N) is 1. The summed E-state index contributed by atoms with van der Waals surface area (Å²) in [5.74, 6) is 0.945. The molecule has 10 heteroatoms. The summed E-state index contributed by atoms with van der Waals surface area (Å²) in [5, 5.41) is 3.74. The van der Waals surface area contributed by atoms with E-state index < -0.39 is 23.8 Å². The van der Waals surface area contributed by atoms with Crippen LogP contribution in [0.1, 0.15) is 49.2 Å². The first-order valence-electron chi connectivity index (χ1n) is 11.0. The van der Waals surface area contributed by atoms with E-state index in [1.165, 1.54) is 13.2 Å². The Hall–Kier alpha value is -3.27. The van der Waals surface area contributed by atoms with E-state index in [-0.39, 0.29) is 17.4 Å². The average molecular weight is 476 g/mol. The molecule has 0 spiro atoms. The summed E-state index contributed by atoms with van der Waals surface area (Å²) in [6.45, 7) is 4.66. The van der Waals surface area contributed by atoms with Crippen LogP contribution in [-0.4, -0.2) is 36.4 Å². The zero-order chi connectivity index (χ0) is 24.4. The van der Waals surface area contributed by atoms with Crippen LogP contribution < -0.4 is 20.5 Å². The van der Waals surface area contributed by atoms with Gasteiger partial charge in [0.2, 0.25) is 0 Å². The smallest absolute Gasteiger partial charge is 0.266 e. The molecule has 182 valence electrons. The number of alkyl halides is 2. The molecule has 0 aliphatic carbocycles. The van der Waals surface area contributed by atoms with E-state index in [4.69, 9.17) is 19.9 Å². The van der Waals surface area contributed by atoms with Gasteiger partial charge in [-0.1, -0.05) is 0 Å². The number of nitrogen functional groups attached to an aromatic ring is 1. The fraction of sp³-hybridized carbons (Fsp3) is 0.417. The van der Waals surface area contributed by atoms with Gasteiger partial charge in [-0.15, -0.1) is 0 Å². The number of nitrogens with one attached hydrogen (secondary N) is 1. The highest BCUT2D eigenvalue weighted by molar-refractivity contribution is 5.92. The van der Waals surface area contributed by atoms with E-state index in [9.17, 15) is 13.2 Å². The quantitative estimate of drug-likeness (QED) is 0.445. The molecule has 4 rings (SSSR count). The van der Waals surface area contributed by atoms with Crippen LogP contribution in [0.3, 0.4) is 0 Å². The number of halogens is 3. The van der Waals surface area contributed by atoms with Gasteiger partial charge in [-0.3, -0.25) is 0 Å². The molecule has 1 aliphatic rings. The number of benzene rings is 2. The SMILES string of the molecule is COc1cc2c(NC(C)c3cc(N)cc(C(F)F)c3F)nc(C)nc2cc1OC1CCOCC1. The molecule has 1 saturated heterocycles. The third kappa shape index (κ3) is 4.96. The van der Waals surface area contributed by atoms with Crippen molar-refractivity contribution in [2.45, 2.75) is 45.3 Å². The van der Waals surface area contributed by atoms with Crippen LogP contribution in [0, 0.1) is 12.7 Å². The summed E-state index contributed by atoms with van der Waals surface area (Å²) < 4.78 is 58.4. The third-order valence-electron chi connectivity index (χ3n) is 5.76. The van der Waals surface area contributed by atoms with Crippen LogP contribution in [0.4, 0.5) is 24.7 Å². The van der Waals surface area contributed by atoms with Gasteiger partial charge < -0.3 is 25.3 Å². The van der Waals surface area contributed by atoms with Gasteiger partial charge in [0.15, 0.2) is 11.5 Å². The Kier molecular flexibility index (Phi) is 6.97. The molecule has 1 aliphatic heterocycles. The second-order valence-electron chi connectivity index (χ2n) is 8.25. The van der Waals surface area contributed by atoms with Crippen LogP contribution >= 0.6 is 0 Å². The van der Waals surface area contributed by atoms with E-state index in [1.807, 2.05) is 0 Å². The maximum atomic E-state index is 14.8. The van der Waals surface area contributed by atoms with E-state index in [0.717, 1.165) is 18.9 Å². The Morgan fingerprint density at radius 2 is 1.79 bits per heavy atom. The van der Waals surface area contributed by atoms with Crippen molar-refractivity contribution in [1.82, 2.24) is 9.97 Å². The number of ether oxygens (including phenoxy) is 3. The number of hydrogen-bond acceptors (Lipinski definition) is 7. The predicted molar refractivity (Wildman–Crippen MR) is 123 cm³/mol. The Morgan fingerprint density at radius 1 is 1.09 bits per heavy atom. The number of aryl methyl sites for hydroxylation is 1. The molecule has 1 unspecified atom stereocenters.